The molecule has 2 aromatic heterocycles. The fourth-order valence-electron chi connectivity index (χ4n) is 2.82. The van der Waals surface area contributed by atoms with E-state index in [-0.39, 0.29) is 0 Å². The molecule has 0 aliphatic heterocycles. The second-order valence-electron chi connectivity index (χ2n) is 5.89. The number of aromatic nitrogens is 3. The van der Waals surface area contributed by atoms with Crippen molar-refractivity contribution >= 4 is 56.4 Å². The average Bonchev–Trinajstić information content (AvgIpc) is 3.27. The fourth-order valence-corrected chi connectivity index (χ4v) is 4.97. The minimum absolute atomic E-state index is 0.562. The van der Waals surface area contributed by atoms with Crippen molar-refractivity contribution in [2.75, 3.05) is 0 Å². The fraction of sp³-hybridized carbons (Fsp3) is 0.100. The van der Waals surface area contributed by atoms with E-state index in [1.165, 1.54) is 10.1 Å². The van der Waals surface area contributed by atoms with Gasteiger partial charge in [-0.2, -0.15) is 0 Å². The summed E-state index contributed by atoms with van der Waals surface area (Å²) in [6.45, 7) is 4.53. The Morgan fingerprint density at radius 2 is 1.96 bits per heavy atom. The lowest BCUT2D eigenvalue weighted by Crippen LogP contribution is -2.00. The molecule has 0 saturated carbocycles. The van der Waals surface area contributed by atoms with Gasteiger partial charge in [0.1, 0.15) is 0 Å². The predicted octanol–water partition coefficient (Wildman–Crippen LogP) is 6.94. The first kappa shape index (κ1) is 18.6. The molecule has 7 heteroatoms. The molecule has 0 unspecified atom stereocenters. The Hall–Kier alpha value is -1.79. The molecule has 2 heterocycles. The molecule has 3 nitrogen and oxygen atoms in total. The van der Waals surface area contributed by atoms with Crippen LogP contribution in [0, 0.1) is 0 Å². The number of benzene rings is 2. The van der Waals surface area contributed by atoms with Crippen molar-refractivity contribution < 1.29 is 0 Å². The molecule has 136 valence electrons. The minimum Gasteiger partial charge on any atom is -0.298 e. The van der Waals surface area contributed by atoms with E-state index in [0.717, 1.165) is 27.9 Å². The second kappa shape index (κ2) is 8.07. The van der Waals surface area contributed by atoms with Gasteiger partial charge in [-0.25, -0.2) is 0 Å². The van der Waals surface area contributed by atoms with Gasteiger partial charge in [0.15, 0.2) is 11.0 Å². The zero-order valence-electron chi connectivity index (χ0n) is 14.2. The molecule has 4 aromatic rings. The highest BCUT2D eigenvalue weighted by Crippen LogP contribution is 2.35. The van der Waals surface area contributed by atoms with Crippen LogP contribution < -0.4 is 0 Å². The summed E-state index contributed by atoms with van der Waals surface area (Å²) in [5.41, 5.74) is 2.19. The van der Waals surface area contributed by atoms with E-state index in [1.807, 2.05) is 30.3 Å². The average molecular weight is 432 g/mol. The van der Waals surface area contributed by atoms with Crippen LogP contribution in [0.4, 0.5) is 0 Å². The molecule has 0 spiro atoms. The van der Waals surface area contributed by atoms with E-state index in [4.69, 9.17) is 23.2 Å². The molecule has 0 bridgehead atoms. The SMILES string of the molecule is C=CCn1c(SCc2ccc(Cl)c(Cl)c2)nnc1-c1csc2ccccc12. The number of rotatable bonds is 6. The van der Waals surface area contributed by atoms with Gasteiger partial charge in [-0.1, -0.05) is 65.3 Å². The first-order valence-electron chi connectivity index (χ1n) is 8.25. The number of hydrogen-bond donors (Lipinski definition) is 0. The topological polar surface area (TPSA) is 30.7 Å². The van der Waals surface area contributed by atoms with Gasteiger partial charge in [0.2, 0.25) is 0 Å². The van der Waals surface area contributed by atoms with E-state index in [2.05, 4.69) is 44.9 Å². The smallest absolute Gasteiger partial charge is 0.192 e. The zero-order valence-corrected chi connectivity index (χ0v) is 17.4. The van der Waals surface area contributed by atoms with E-state index in [0.29, 0.717) is 16.6 Å². The van der Waals surface area contributed by atoms with Gasteiger partial charge in [-0.15, -0.1) is 28.1 Å². The van der Waals surface area contributed by atoms with Crippen molar-refractivity contribution in [1.82, 2.24) is 14.8 Å². The molecule has 27 heavy (non-hydrogen) atoms. The van der Waals surface area contributed by atoms with Crippen LogP contribution in [0.1, 0.15) is 5.56 Å². The third kappa shape index (κ3) is 3.78. The van der Waals surface area contributed by atoms with Gasteiger partial charge in [0.25, 0.3) is 0 Å². The van der Waals surface area contributed by atoms with Gasteiger partial charge in [0, 0.05) is 33.3 Å². The molecule has 0 atom stereocenters. The number of hydrogen-bond acceptors (Lipinski definition) is 4. The molecular weight excluding hydrogens is 417 g/mol. The van der Waals surface area contributed by atoms with Gasteiger partial charge in [-0.05, 0) is 23.8 Å². The third-order valence-corrected chi connectivity index (χ3v) is 6.84. The van der Waals surface area contributed by atoms with Crippen LogP contribution in [0.15, 0.2) is 65.7 Å². The minimum atomic E-state index is 0.562. The summed E-state index contributed by atoms with van der Waals surface area (Å²) in [5.74, 6) is 1.60. The Morgan fingerprint density at radius 1 is 1.11 bits per heavy atom. The molecule has 2 aromatic carbocycles. The molecule has 0 saturated heterocycles. The maximum atomic E-state index is 6.12. The maximum absolute atomic E-state index is 6.12. The Labute approximate surface area is 175 Å². The Balaban J connectivity index is 1.66. The monoisotopic (exact) mass is 431 g/mol. The summed E-state index contributed by atoms with van der Waals surface area (Å²) in [4.78, 5) is 0. The highest BCUT2D eigenvalue weighted by molar-refractivity contribution is 7.98. The van der Waals surface area contributed by atoms with Crippen LogP contribution in [0.5, 0.6) is 0 Å². The number of thiophene rings is 1. The number of halogens is 2. The van der Waals surface area contributed by atoms with Crippen LogP contribution in [-0.2, 0) is 12.3 Å². The largest absolute Gasteiger partial charge is 0.298 e. The van der Waals surface area contributed by atoms with Crippen LogP contribution in [-0.4, -0.2) is 14.8 Å². The third-order valence-electron chi connectivity index (χ3n) is 4.10. The van der Waals surface area contributed by atoms with E-state index in [9.17, 15) is 0 Å². The van der Waals surface area contributed by atoms with Crippen LogP contribution in [0.2, 0.25) is 10.0 Å². The lowest BCUT2D eigenvalue weighted by molar-refractivity contribution is 0.731. The Morgan fingerprint density at radius 3 is 2.78 bits per heavy atom. The number of nitrogens with zero attached hydrogens (tertiary/aromatic N) is 3. The first-order chi connectivity index (χ1) is 13.2. The normalized spacial score (nSPS) is 11.2. The number of allylic oxidation sites excluding steroid dienone is 1. The van der Waals surface area contributed by atoms with E-state index in [1.54, 1.807) is 23.1 Å². The molecule has 4 rings (SSSR count). The van der Waals surface area contributed by atoms with Crippen molar-refractivity contribution in [2.24, 2.45) is 0 Å². The second-order valence-corrected chi connectivity index (χ2v) is 8.56. The van der Waals surface area contributed by atoms with Crippen molar-refractivity contribution in [3.05, 3.63) is 76.1 Å². The van der Waals surface area contributed by atoms with Crippen molar-refractivity contribution in [3.8, 4) is 11.4 Å². The van der Waals surface area contributed by atoms with Gasteiger partial charge in [0.05, 0.1) is 10.0 Å². The Kier molecular flexibility index (Phi) is 5.55. The number of thioether (sulfide) groups is 1. The summed E-state index contributed by atoms with van der Waals surface area (Å²) in [6.07, 6.45) is 1.87. The lowest BCUT2D eigenvalue weighted by atomic mass is 10.1. The summed E-state index contributed by atoms with van der Waals surface area (Å²) < 4.78 is 3.34. The van der Waals surface area contributed by atoms with Crippen molar-refractivity contribution in [2.45, 2.75) is 17.5 Å². The molecule has 0 amide bonds. The van der Waals surface area contributed by atoms with E-state index < -0.39 is 0 Å². The van der Waals surface area contributed by atoms with Crippen molar-refractivity contribution in [1.29, 1.82) is 0 Å². The summed E-state index contributed by atoms with van der Waals surface area (Å²) in [5, 5.41) is 14.2. The zero-order chi connectivity index (χ0) is 18.8. The van der Waals surface area contributed by atoms with Crippen LogP contribution in [0.3, 0.4) is 0 Å². The highest BCUT2D eigenvalue weighted by atomic mass is 35.5. The molecule has 0 fully saturated rings. The van der Waals surface area contributed by atoms with E-state index >= 15 is 0 Å². The molecule has 0 aliphatic carbocycles. The first-order valence-corrected chi connectivity index (χ1v) is 10.9. The number of fused-ring (bicyclic) bond motifs is 1. The van der Waals surface area contributed by atoms with Crippen molar-refractivity contribution in [3.63, 3.8) is 0 Å². The summed E-state index contributed by atoms with van der Waals surface area (Å²) >= 11 is 15.5. The van der Waals surface area contributed by atoms with Crippen LogP contribution >= 0.6 is 46.3 Å². The highest BCUT2D eigenvalue weighted by Gasteiger charge is 2.17. The maximum Gasteiger partial charge on any atom is 0.192 e. The summed E-state index contributed by atoms with van der Waals surface area (Å²) in [6, 6.07) is 14.0. The van der Waals surface area contributed by atoms with Gasteiger partial charge in [-0.3, -0.25) is 4.57 Å². The van der Waals surface area contributed by atoms with Gasteiger partial charge >= 0.3 is 0 Å². The van der Waals surface area contributed by atoms with Gasteiger partial charge < -0.3 is 0 Å². The molecule has 0 aliphatic rings. The molecule has 0 radical (unpaired) electrons. The standard InChI is InChI=1S/C20H15Cl2N3S2/c1-2-9-25-19(15-12-26-18-6-4-3-5-14(15)18)23-24-20(25)27-11-13-7-8-16(21)17(22)10-13/h2-8,10,12H,1,9,11H2. The molecular formula is C20H15Cl2N3S2. The molecule has 0 N–H and O–H groups in total. The van der Waals surface area contributed by atoms with Crippen LogP contribution in [0.25, 0.3) is 21.5 Å². The quantitative estimate of drug-likeness (QED) is 0.244. The predicted molar refractivity (Wildman–Crippen MR) is 117 cm³/mol. The summed E-state index contributed by atoms with van der Waals surface area (Å²) in [7, 11) is 0. The lowest BCUT2D eigenvalue weighted by Gasteiger charge is -2.08. The Bertz CT molecular complexity index is 1120.